The second-order valence-corrected chi connectivity index (χ2v) is 8.78. The molecule has 0 saturated heterocycles. The van der Waals surface area contributed by atoms with E-state index in [1.54, 1.807) is 16.8 Å². The number of aromatic nitrogens is 2. The van der Waals surface area contributed by atoms with Gasteiger partial charge in [-0.3, -0.25) is 0 Å². The molecular formula is C24H19BrN2O2S. The van der Waals surface area contributed by atoms with Crippen LogP contribution in [0.3, 0.4) is 0 Å². The van der Waals surface area contributed by atoms with Crippen molar-refractivity contribution in [1.29, 1.82) is 0 Å². The first-order chi connectivity index (χ1) is 14.5. The summed E-state index contributed by atoms with van der Waals surface area (Å²) in [4.78, 5) is 14.7. The van der Waals surface area contributed by atoms with Crippen LogP contribution < -0.4 is 4.74 Å². The molecule has 4 aromatic rings. The molecule has 0 radical (unpaired) electrons. The number of aryl methyl sites for hydroxylation is 2. The fraction of sp³-hybridized carbons (Fsp3) is 0.0833. The van der Waals surface area contributed by atoms with Crippen LogP contribution in [-0.4, -0.2) is 15.7 Å². The van der Waals surface area contributed by atoms with Gasteiger partial charge >= 0.3 is 5.97 Å². The molecule has 150 valence electrons. The topological polar surface area (TPSA) is 44.1 Å². The van der Waals surface area contributed by atoms with E-state index in [9.17, 15) is 4.79 Å². The maximum atomic E-state index is 12.9. The van der Waals surface area contributed by atoms with Crippen LogP contribution in [0, 0.1) is 13.8 Å². The Morgan fingerprint density at radius 3 is 2.27 bits per heavy atom. The summed E-state index contributed by atoms with van der Waals surface area (Å²) in [6.07, 6.45) is 0. The molecule has 0 atom stereocenters. The molecule has 0 aliphatic carbocycles. The number of esters is 1. The maximum Gasteiger partial charge on any atom is 0.344 e. The largest absolute Gasteiger partial charge is 0.402 e. The highest BCUT2D eigenvalue weighted by Gasteiger charge is 2.22. The van der Waals surface area contributed by atoms with Gasteiger partial charge in [0.2, 0.25) is 5.88 Å². The molecule has 0 spiro atoms. The monoisotopic (exact) mass is 478 g/mol. The summed E-state index contributed by atoms with van der Waals surface area (Å²) in [7, 11) is 0. The Bertz CT molecular complexity index is 1170. The summed E-state index contributed by atoms with van der Waals surface area (Å²) in [6.45, 7) is 3.98. The summed E-state index contributed by atoms with van der Waals surface area (Å²) in [5, 5.41) is 4.67. The molecule has 6 heteroatoms. The summed E-state index contributed by atoms with van der Waals surface area (Å²) < 4.78 is 8.48. The average molecular weight is 479 g/mol. The Morgan fingerprint density at radius 1 is 0.933 bits per heavy atom. The van der Waals surface area contributed by atoms with Gasteiger partial charge in [0.1, 0.15) is 0 Å². The number of para-hydroxylation sites is 1. The van der Waals surface area contributed by atoms with Crippen molar-refractivity contribution in [2.75, 3.05) is 0 Å². The van der Waals surface area contributed by atoms with Gasteiger partial charge in [-0.1, -0.05) is 63.6 Å². The quantitative estimate of drug-likeness (QED) is 0.302. The van der Waals surface area contributed by atoms with Crippen molar-refractivity contribution in [2.24, 2.45) is 0 Å². The molecule has 0 aliphatic heterocycles. The van der Waals surface area contributed by atoms with Crippen molar-refractivity contribution in [1.82, 2.24) is 9.78 Å². The third-order valence-electron chi connectivity index (χ3n) is 4.48. The van der Waals surface area contributed by atoms with E-state index in [-0.39, 0.29) is 0 Å². The molecule has 3 aromatic carbocycles. The molecule has 1 heterocycles. The third-order valence-corrected chi connectivity index (χ3v) is 6.19. The number of hydrogen-bond donors (Lipinski definition) is 0. The molecule has 30 heavy (non-hydrogen) atoms. The molecule has 1 aromatic heterocycles. The van der Waals surface area contributed by atoms with Gasteiger partial charge < -0.3 is 4.74 Å². The van der Waals surface area contributed by atoms with E-state index in [1.165, 1.54) is 17.3 Å². The van der Waals surface area contributed by atoms with Crippen molar-refractivity contribution in [2.45, 2.75) is 23.6 Å². The average Bonchev–Trinajstić information content (AvgIpc) is 3.06. The number of halogens is 1. The van der Waals surface area contributed by atoms with E-state index in [0.717, 1.165) is 25.6 Å². The highest BCUT2D eigenvalue weighted by molar-refractivity contribution is 9.10. The van der Waals surface area contributed by atoms with E-state index in [4.69, 9.17) is 4.74 Å². The first-order valence-corrected chi connectivity index (χ1v) is 11.0. The van der Waals surface area contributed by atoms with Crippen LogP contribution in [0.1, 0.15) is 21.6 Å². The van der Waals surface area contributed by atoms with Crippen LogP contribution in [-0.2, 0) is 0 Å². The number of carbonyl (C=O) groups excluding carboxylic acids is 1. The Morgan fingerprint density at radius 2 is 1.60 bits per heavy atom. The second kappa shape index (κ2) is 8.90. The highest BCUT2D eigenvalue weighted by Crippen LogP contribution is 2.39. The van der Waals surface area contributed by atoms with E-state index < -0.39 is 5.97 Å². The second-order valence-electron chi connectivity index (χ2n) is 6.78. The number of nitrogens with zero attached hydrogens (tertiary/aromatic N) is 2. The normalized spacial score (nSPS) is 10.8. The van der Waals surface area contributed by atoms with Crippen molar-refractivity contribution in [3.63, 3.8) is 0 Å². The lowest BCUT2D eigenvalue weighted by atomic mass is 10.2. The van der Waals surface area contributed by atoms with Crippen LogP contribution >= 0.6 is 27.7 Å². The molecule has 0 unspecified atom stereocenters. The number of carbonyl (C=O) groups is 1. The Hall–Kier alpha value is -2.83. The number of rotatable bonds is 5. The van der Waals surface area contributed by atoms with Crippen LogP contribution in [0.5, 0.6) is 5.88 Å². The molecule has 0 fully saturated rings. The van der Waals surface area contributed by atoms with Gasteiger partial charge in [-0.15, -0.1) is 0 Å². The predicted molar refractivity (Wildman–Crippen MR) is 123 cm³/mol. The summed E-state index contributed by atoms with van der Waals surface area (Å²) in [5.41, 5.74) is 3.29. The van der Waals surface area contributed by atoms with Crippen molar-refractivity contribution in [3.8, 4) is 11.6 Å². The zero-order chi connectivity index (χ0) is 21.1. The Kier molecular flexibility index (Phi) is 6.06. The molecule has 0 bridgehead atoms. The van der Waals surface area contributed by atoms with Gasteiger partial charge in [-0.25, -0.2) is 4.79 Å². The smallest absolute Gasteiger partial charge is 0.344 e. The summed E-state index contributed by atoms with van der Waals surface area (Å²) >= 11 is 4.93. The van der Waals surface area contributed by atoms with E-state index in [0.29, 0.717) is 11.4 Å². The summed E-state index contributed by atoms with van der Waals surface area (Å²) in [6, 6.07) is 25.0. The van der Waals surface area contributed by atoms with Crippen LogP contribution in [0.15, 0.2) is 93.1 Å². The first-order valence-electron chi connectivity index (χ1n) is 9.38. The number of hydrogen-bond acceptors (Lipinski definition) is 4. The molecule has 0 amide bonds. The van der Waals surface area contributed by atoms with Gasteiger partial charge in [0.25, 0.3) is 0 Å². The van der Waals surface area contributed by atoms with E-state index in [2.05, 4.69) is 52.2 Å². The fourth-order valence-electron chi connectivity index (χ4n) is 2.90. The van der Waals surface area contributed by atoms with Crippen molar-refractivity contribution < 1.29 is 9.53 Å². The minimum absolute atomic E-state index is 0.414. The zero-order valence-corrected chi connectivity index (χ0v) is 18.9. The SMILES string of the molecule is Cc1ccc(Sc2c(C)nn(-c3ccccc3)c2OC(=O)c2ccc(Br)cc2)cc1. The first kappa shape index (κ1) is 20.4. The zero-order valence-electron chi connectivity index (χ0n) is 16.5. The predicted octanol–water partition coefficient (Wildman–Crippen LogP) is 6.62. The lowest BCUT2D eigenvalue weighted by molar-refractivity contribution is 0.0718. The van der Waals surface area contributed by atoms with Crippen molar-refractivity contribution in [3.05, 3.63) is 100 Å². The number of benzene rings is 3. The molecule has 4 rings (SSSR count). The van der Waals surface area contributed by atoms with Gasteiger partial charge in [-0.2, -0.15) is 9.78 Å². The number of ether oxygens (including phenoxy) is 1. The van der Waals surface area contributed by atoms with E-state index >= 15 is 0 Å². The lowest BCUT2D eigenvalue weighted by Gasteiger charge is -2.10. The molecular weight excluding hydrogens is 460 g/mol. The molecule has 0 N–H and O–H groups in total. The molecule has 4 nitrogen and oxygen atoms in total. The highest BCUT2D eigenvalue weighted by atomic mass is 79.9. The standard InChI is InChI=1S/C24H19BrN2O2S/c1-16-8-14-21(15-9-16)30-22-17(2)26-27(20-6-4-3-5-7-20)23(22)29-24(28)18-10-12-19(25)13-11-18/h3-15H,1-2H3. The molecule has 0 aliphatic rings. The van der Waals surface area contributed by atoms with Gasteiger partial charge in [-0.05, 0) is 62.4 Å². The third kappa shape index (κ3) is 4.50. The Labute approximate surface area is 188 Å². The maximum absolute atomic E-state index is 12.9. The van der Waals surface area contributed by atoms with Crippen LogP contribution in [0.25, 0.3) is 5.69 Å². The van der Waals surface area contributed by atoms with Crippen LogP contribution in [0.4, 0.5) is 0 Å². The lowest BCUT2D eigenvalue weighted by Crippen LogP contribution is -2.12. The van der Waals surface area contributed by atoms with Gasteiger partial charge in [0.15, 0.2) is 0 Å². The van der Waals surface area contributed by atoms with E-state index in [1.807, 2.05) is 49.4 Å². The van der Waals surface area contributed by atoms with Gasteiger partial charge in [0.05, 0.1) is 21.8 Å². The van der Waals surface area contributed by atoms with Crippen molar-refractivity contribution >= 4 is 33.7 Å². The molecule has 0 saturated carbocycles. The Balaban J connectivity index is 1.75. The summed E-state index contributed by atoms with van der Waals surface area (Å²) in [5.74, 6) is -0.0115. The van der Waals surface area contributed by atoms with Crippen LogP contribution in [0.2, 0.25) is 0 Å². The van der Waals surface area contributed by atoms with Gasteiger partial charge in [0, 0.05) is 9.37 Å². The fourth-order valence-corrected chi connectivity index (χ4v) is 4.08. The minimum Gasteiger partial charge on any atom is -0.402 e. The minimum atomic E-state index is -0.426.